The van der Waals surface area contributed by atoms with Gasteiger partial charge in [-0.05, 0) is 30.3 Å². The average molecular weight is 361 g/mol. The smallest absolute Gasteiger partial charge is 0.255 e. The average Bonchev–Trinajstić information content (AvgIpc) is 3.12. The molecule has 2 aromatic heterocycles. The van der Waals surface area contributed by atoms with Gasteiger partial charge in [0.15, 0.2) is 5.58 Å². The van der Waals surface area contributed by atoms with Crippen molar-refractivity contribution in [1.82, 2.24) is 9.97 Å². The molecular formula is C20H15N3O4. The molecule has 2 heterocycles. The summed E-state index contributed by atoms with van der Waals surface area (Å²) >= 11 is 0. The lowest BCUT2D eigenvalue weighted by atomic mass is 10.1. The van der Waals surface area contributed by atoms with E-state index in [9.17, 15) is 9.90 Å². The molecule has 4 aromatic rings. The van der Waals surface area contributed by atoms with Crippen LogP contribution in [0.25, 0.3) is 22.6 Å². The number of benzene rings is 2. The Balaban J connectivity index is 1.58. The number of phenols is 1. The van der Waals surface area contributed by atoms with Crippen molar-refractivity contribution in [2.75, 3.05) is 12.4 Å². The first-order valence-corrected chi connectivity index (χ1v) is 8.13. The monoisotopic (exact) mass is 361 g/mol. The van der Waals surface area contributed by atoms with Crippen LogP contribution in [0, 0.1) is 0 Å². The molecule has 1 amide bonds. The van der Waals surface area contributed by atoms with Gasteiger partial charge in [0.2, 0.25) is 5.89 Å². The topological polar surface area (TPSA) is 97.5 Å². The largest absolute Gasteiger partial charge is 0.507 e. The molecule has 27 heavy (non-hydrogen) atoms. The summed E-state index contributed by atoms with van der Waals surface area (Å²) in [5, 5.41) is 13.1. The molecule has 4 rings (SSSR count). The molecule has 0 aliphatic heterocycles. The number of rotatable bonds is 4. The maximum absolute atomic E-state index is 12.4. The molecule has 0 saturated carbocycles. The zero-order chi connectivity index (χ0) is 18.8. The molecular weight excluding hydrogens is 346 g/mol. The molecule has 0 fully saturated rings. The van der Waals surface area contributed by atoms with Crippen molar-refractivity contribution in [2.24, 2.45) is 0 Å². The number of hydrogen-bond donors (Lipinski definition) is 2. The van der Waals surface area contributed by atoms with Gasteiger partial charge in [0.25, 0.3) is 5.91 Å². The number of nitrogens with one attached hydrogen (secondary N) is 1. The summed E-state index contributed by atoms with van der Waals surface area (Å²) in [6, 6.07) is 13.2. The van der Waals surface area contributed by atoms with Crippen LogP contribution < -0.4 is 10.1 Å². The highest BCUT2D eigenvalue weighted by Gasteiger charge is 2.14. The van der Waals surface area contributed by atoms with E-state index in [0.29, 0.717) is 33.7 Å². The van der Waals surface area contributed by atoms with Gasteiger partial charge in [-0.1, -0.05) is 6.07 Å². The van der Waals surface area contributed by atoms with Crippen LogP contribution in [0.15, 0.2) is 65.3 Å². The zero-order valence-corrected chi connectivity index (χ0v) is 14.3. The van der Waals surface area contributed by atoms with E-state index < -0.39 is 0 Å². The fourth-order valence-electron chi connectivity index (χ4n) is 2.65. The minimum absolute atomic E-state index is 0.0574. The lowest BCUT2D eigenvalue weighted by molar-refractivity contribution is 0.102. The number of methoxy groups -OCH3 is 1. The van der Waals surface area contributed by atoms with E-state index in [4.69, 9.17) is 9.15 Å². The SMILES string of the molecule is COc1cccc(C(=O)Nc2ccc(-c3nc4cnccc4o3)c(O)c2)c1. The number of anilines is 1. The van der Waals surface area contributed by atoms with Gasteiger partial charge in [-0.15, -0.1) is 0 Å². The molecule has 2 aromatic carbocycles. The second-order valence-corrected chi connectivity index (χ2v) is 5.78. The van der Waals surface area contributed by atoms with E-state index in [0.717, 1.165) is 0 Å². The Morgan fingerprint density at radius 3 is 2.85 bits per heavy atom. The molecule has 7 heteroatoms. The molecule has 0 aliphatic carbocycles. The Morgan fingerprint density at radius 1 is 1.19 bits per heavy atom. The van der Waals surface area contributed by atoms with Crippen LogP contribution in [0.1, 0.15) is 10.4 Å². The normalized spacial score (nSPS) is 10.7. The first kappa shape index (κ1) is 16.6. The van der Waals surface area contributed by atoms with Gasteiger partial charge in [0, 0.05) is 29.6 Å². The van der Waals surface area contributed by atoms with E-state index >= 15 is 0 Å². The summed E-state index contributed by atoms with van der Waals surface area (Å²) in [6.07, 6.45) is 3.19. The van der Waals surface area contributed by atoms with Crippen LogP contribution in [0.2, 0.25) is 0 Å². The molecule has 0 unspecified atom stereocenters. The third-order valence-electron chi connectivity index (χ3n) is 4.01. The molecule has 0 aliphatic rings. The van der Waals surface area contributed by atoms with Crippen molar-refractivity contribution in [3.8, 4) is 23.0 Å². The van der Waals surface area contributed by atoms with E-state index in [-0.39, 0.29) is 17.5 Å². The highest BCUT2D eigenvalue weighted by Crippen LogP contribution is 2.33. The maximum atomic E-state index is 12.4. The maximum Gasteiger partial charge on any atom is 0.255 e. The third-order valence-corrected chi connectivity index (χ3v) is 4.01. The van der Waals surface area contributed by atoms with Crippen LogP contribution in [0.3, 0.4) is 0 Å². The summed E-state index contributed by atoms with van der Waals surface area (Å²) in [6.45, 7) is 0. The number of carbonyl (C=O) groups excluding carboxylic acids is 1. The Kier molecular flexibility index (Phi) is 4.18. The fourth-order valence-corrected chi connectivity index (χ4v) is 2.65. The lowest BCUT2D eigenvalue weighted by Gasteiger charge is -2.08. The van der Waals surface area contributed by atoms with Crippen LogP contribution in [0.5, 0.6) is 11.5 Å². The minimum Gasteiger partial charge on any atom is -0.507 e. The number of phenolic OH excluding ortho intramolecular Hbond substituents is 1. The number of aromatic nitrogens is 2. The van der Waals surface area contributed by atoms with Gasteiger partial charge in [-0.2, -0.15) is 0 Å². The second-order valence-electron chi connectivity index (χ2n) is 5.78. The Hall–Kier alpha value is -3.87. The highest BCUT2D eigenvalue weighted by atomic mass is 16.5. The number of aromatic hydroxyl groups is 1. The number of fused-ring (bicyclic) bond motifs is 1. The Labute approximate surface area is 154 Å². The number of oxazole rings is 1. The number of nitrogens with zero attached hydrogens (tertiary/aromatic N) is 2. The Morgan fingerprint density at radius 2 is 2.07 bits per heavy atom. The lowest BCUT2D eigenvalue weighted by Crippen LogP contribution is -2.11. The van der Waals surface area contributed by atoms with Crippen LogP contribution in [-0.4, -0.2) is 28.1 Å². The van der Waals surface area contributed by atoms with E-state index in [1.54, 1.807) is 54.9 Å². The predicted molar refractivity (Wildman–Crippen MR) is 99.9 cm³/mol. The van der Waals surface area contributed by atoms with Crippen molar-refractivity contribution >= 4 is 22.7 Å². The van der Waals surface area contributed by atoms with Gasteiger partial charge >= 0.3 is 0 Å². The van der Waals surface area contributed by atoms with Crippen molar-refractivity contribution < 1.29 is 19.1 Å². The molecule has 0 bridgehead atoms. The van der Waals surface area contributed by atoms with E-state index in [2.05, 4.69) is 15.3 Å². The van der Waals surface area contributed by atoms with E-state index in [1.165, 1.54) is 13.2 Å². The molecule has 0 spiro atoms. The van der Waals surface area contributed by atoms with Crippen molar-refractivity contribution in [1.29, 1.82) is 0 Å². The quantitative estimate of drug-likeness (QED) is 0.573. The molecule has 0 atom stereocenters. The summed E-state index contributed by atoms with van der Waals surface area (Å²) < 4.78 is 10.8. The highest BCUT2D eigenvalue weighted by molar-refractivity contribution is 6.04. The van der Waals surface area contributed by atoms with Crippen LogP contribution in [-0.2, 0) is 0 Å². The number of hydrogen-bond acceptors (Lipinski definition) is 6. The molecule has 134 valence electrons. The van der Waals surface area contributed by atoms with Gasteiger partial charge in [-0.3, -0.25) is 9.78 Å². The minimum atomic E-state index is -0.311. The zero-order valence-electron chi connectivity index (χ0n) is 14.3. The fraction of sp³-hybridized carbons (Fsp3) is 0.0500. The van der Waals surface area contributed by atoms with Gasteiger partial charge in [-0.25, -0.2) is 4.98 Å². The van der Waals surface area contributed by atoms with Crippen LogP contribution >= 0.6 is 0 Å². The molecule has 0 radical (unpaired) electrons. The summed E-state index contributed by atoms with van der Waals surface area (Å²) in [7, 11) is 1.54. The van der Waals surface area contributed by atoms with Crippen molar-refractivity contribution in [2.45, 2.75) is 0 Å². The summed E-state index contributed by atoms with van der Waals surface area (Å²) in [4.78, 5) is 20.7. The van der Waals surface area contributed by atoms with Gasteiger partial charge in [0.05, 0.1) is 18.9 Å². The number of pyridine rings is 1. The molecule has 0 saturated heterocycles. The predicted octanol–water partition coefficient (Wildman–Crippen LogP) is 3.86. The number of carbonyl (C=O) groups is 1. The summed E-state index contributed by atoms with van der Waals surface area (Å²) in [5.41, 5.74) is 2.49. The van der Waals surface area contributed by atoms with Crippen LogP contribution in [0.4, 0.5) is 5.69 Å². The van der Waals surface area contributed by atoms with Crippen molar-refractivity contribution in [3.05, 3.63) is 66.5 Å². The first-order valence-electron chi connectivity index (χ1n) is 8.13. The second kappa shape index (κ2) is 6.80. The van der Waals surface area contributed by atoms with Gasteiger partial charge < -0.3 is 19.6 Å². The van der Waals surface area contributed by atoms with Gasteiger partial charge in [0.1, 0.15) is 17.0 Å². The number of ether oxygens (including phenoxy) is 1. The standard InChI is InChI=1S/C20H15N3O4/c1-26-14-4-2-3-12(9-14)19(25)22-13-5-6-15(17(24)10-13)20-23-16-11-21-8-7-18(16)27-20/h2-11,24H,1H3,(H,22,25). The third kappa shape index (κ3) is 3.30. The first-order chi connectivity index (χ1) is 13.1. The number of amides is 1. The Bertz CT molecular complexity index is 1100. The van der Waals surface area contributed by atoms with E-state index in [1.807, 2.05) is 0 Å². The van der Waals surface area contributed by atoms with Crippen molar-refractivity contribution in [3.63, 3.8) is 0 Å². The molecule has 7 nitrogen and oxygen atoms in total. The molecule has 2 N–H and O–H groups in total. The summed E-state index contributed by atoms with van der Waals surface area (Å²) in [5.74, 6) is 0.499.